The summed E-state index contributed by atoms with van der Waals surface area (Å²) in [5.41, 5.74) is 3.14. The fraction of sp³-hybridized carbons (Fsp3) is 0.267. The number of thiophene rings is 1. The maximum atomic E-state index is 5.94. The number of para-hydroxylation sites is 1. The Morgan fingerprint density at radius 3 is 2.63 bits per heavy atom. The van der Waals surface area contributed by atoms with Gasteiger partial charge in [-0.3, -0.25) is 0 Å². The number of hydrogen-bond acceptors (Lipinski definition) is 3. The van der Waals surface area contributed by atoms with E-state index in [4.69, 9.17) is 9.42 Å². The second kappa shape index (κ2) is 6.17. The van der Waals surface area contributed by atoms with Gasteiger partial charge >= 0.3 is 0 Å². The number of rotatable bonds is 4. The molecule has 2 nitrogen and oxygen atoms in total. The van der Waals surface area contributed by atoms with Gasteiger partial charge in [-0.15, -0.1) is 11.3 Å². The molecule has 2 aromatic rings. The van der Waals surface area contributed by atoms with Gasteiger partial charge in [0.1, 0.15) is 11.4 Å². The van der Waals surface area contributed by atoms with Crippen molar-refractivity contribution in [3.05, 3.63) is 46.2 Å². The summed E-state index contributed by atoms with van der Waals surface area (Å²) in [5.74, 6) is 0.898. The van der Waals surface area contributed by atoms with E-state index in [1.165, 1.54) is 4.88 Å². The van der Waals surface area contributed by atoms with Gasteiger partial charge in [0.2, 0.25) is 0 Å². The molecule has 0 saturated carbocycles. The molecule has 1 heterocycles. The van der Waals surface area contributed by atoms with Crippen molar-refractivity contribution in [3.63, 3.8) is 0 Å². The van der Waals surface area contributed by atoms with Gasteiger partial charge in [0, 0.05) is 4.88 Å². The first-order chi connectivity index (χ1) is 9.08. The minimum absolute atomic E-state index is 0.781. The second-order valence-electron chi connectivity index (χ2n) is 4.61. The number of aryl methyl sites for hydroxylation is 1. The average Bonchev–Trinajstić information content (AvgIpc) is 2.86. The third-order valence-corrected chi connectivity index (χ3v) is 4.28. The van der Waals surface area contributed by atoms with Crippen molar-refractivity contribution in [1.82, 2.24) is 0 Å². The summed E-state index contributed by atoms with van der Waals surface area (Å²) in [6.07, 6.45) is 0. The Balaban J connectivity index is 2.41. The fourth-order valence-corrected chi connectivity index (χ4v) is 3.07. The van der Waals surface area contributed by atoms with Crippen LogP contribution in [0.15, 0.2) is 40.7 Å². The van der Waals surface area contributed by atoms with Crippen LogP contribution < -0.4 is 4.43 Å². The van der Waals surface area contributed by atoms with Crippen LogP contribution in [-0.4, -0.2) is 14.8 Å². The molecule has 0 aliphatic rings. The molecule has 1 aromatic heterocycles. The highest BCUT2D eigenvalue weighted by atomic mass is 32.1. The van der Waals surface area contributed by atoms with E-state index in [1.807, 2.05) is 25.1 Å². The standard InChI is InChI=1S/C15H18NOSSi/c1-11-7-5-8-13(17-19(3)4)15(11)16-12(2)14-9-6-10-18-14/h5-10H,1-4H3. The summed E-state index contributed by atoms with van der Waals surface area (Å²) in [6.45, 7) is 8.39. The summed E-state index contributed by atoms with van der Waals surface area (Å²) in [6, 6.07) is 10.2. The first-order valence-electron chi connectivity index (χ1n) is 6.24. The molecule has 0 bridgehead atoms. The summed E-state index contributed by atoms with van der Waals surface area (Å²) < 4.78 is 5.94. The molecule has 0 atom stereocenters. The number of aliphatic imine (C=N–C) groups is 1. The molecule has 99 valence electrons. The largest absolute Gasteiger partial charge is 0.541 e. The van der Waals surface area contributed by atoms with Crippen LogP contribution in [-0.2, 0) is 0 Å². The fourth-order valence-electron chi connectivity index (χ4n) is 1.78. The quantitative estimate of drug-likeness (QED) is 0.583. The Bertz CT molecular complexity index is 576. The summed E-state index contributed by atoms with van der Waals surface area (Å²) in [5, 5.41) is 2.07. The topological polar surface area (TPSA) is 21.6 Å². The summed E-state index contributed by atoms with van der Waals surface area (Å²) in [7, 11) is -0.781. The van der Waals surface area contributed by atoms with Gasteiger partial charge in [-0.1, -0.05) is 18.2 Å². The van der Waals surface area contributed by atoms with E-state index >= 15 is 0 Å². The van der Waals surface area contributed by atoms with Crippen molar-refractivity contribution in [1.29, 1.82) is 0 Å². The van der Waals surface area contributed by atoms with Crippen molar-refractivity contribution < 1.29 is 4.43 Å². The molecule has 0 N–H and O–H groups in total. The normalized spacial score (nSPS) is 11.9. The third-order valence-electron chi connectivity index (χ3n) is 2.67. The Kier molecular flexibility index (Phi) is 4.55. The monoisotopic (exact) mass is 288 g/mol. The van der Waals surface area contributed by atoms with E-state index < -0.39 is 9.04 Å². The molecule has 0 fully saturated rings. The minimum Gasteiger partial charge on any atom is -0.541 e. The molecule has 0 amide bonds. The highest BCUT2D eigenvalue weighted by Gasteiger charge is 2.09. The lowest BCUT2D eigenvalue weighted by Crippen LogP contribution is -2.11. The zero-order valence-electron chi connectivity index (χ0n) is 11.7. The van der Waals surface area contributed by atoms with Gasteiger partial charge in [-0.25, -0.2) is 4.99 Å². The number of benzene rings is 1. The highest BCUT2D eigenvalue weighted by molar-refractivity contribution is 7.12. The van der Waals surface area contributed by atoms with Gasteiger partial charge in [0.15, 0.2) is 0 Å². The van der Waals surface area contributed by atoms with E-state index in [2.05, 4.69) is 37.5 Å². The smallest absolute Gasteiger partial charge is 0.274 e. The molecular formula is C15H18NOSSi. The summed E-state index contributed by atoms with van der Waals surface area (Å²) >= 11 is 1.71. The van der Waals surface area contributed by atoms with E-state index in [-0.39, 0.29) is 0 Å². The SMILES string of the molecule is CC(=Nc1c(C)cccc1O[Si](C)C)c1cccs1. The van der Waals surface area contributed by atoms with E-state index in [0.717, 1.165) is 22.7 Å². The van der Waals surface area contributed by atoms with E-state index in [0.29, 0.717) is 0 Å². The van der Waals surface area contributed by atoms with E-state index in [1.54, 1.807) is 11.3 Å². The number of nitrogens with zero attached hydrogens (tertiary/aromatic N) is 1. The van der Waals surface area contributed by atoms with Crippen LogP contribution in [0.4, 0.5) is 5.69 Å². The minimum atomic E-state index is -0.781. The molecule has 0 spiro atoms. The molecular weight excluding hydrogens is 270 g/mol. The van der Waals surface area contributed by atoms with Gasteiger partial charge in [0.05, 0.1) is 5.71 Å². The summed E-state index contributed by atoms with van der Waals surface area (Å²) in [4.78, 5) is 5.97. The second-order valence-corrected chi connectivity index (χ2v) is 7.57. The highest BCUT2D eigenvalue weighted by Crippen LogP contribution is 2.32. The maximum Gasteiger partial charge on any atom is 0.274 e. The first-order valence-corrected chi connectivity index (χ1v) is 9.53. The van der Waals surface area contributed by atoms with Crippen LogP contribution in [0.5, 0.6) is 5.75 Å². The zero-order chi connectivity index (χ0) is 13.8. The molecule has 0 aliphatic heterocycles. The molecule has 0 aliphatic carbocycles. The first kappa shape index (κ1) is 14.0. The molecule has 0 saturated heterocycles. The average molecular weight is 288 g/mol. The van der Waals surface area contributed by atoms with Crippen molar-refractivity contribution in [2.75, 3.05) is 0 Å². The molecule has 19 heavy (non-hydrogen) atoms. The van der Waals surface area contributed by atoms with Gasteiger partial charge < -0.3 is 4.43 Å². The van der Waals surface area contributed by atoms with Crippen molar-refractivity contribution in [3.8, 4) is 5.75 Å². The Hall–Kier alpha value is -1.39. The Morgan fingerprint density at radius 2 is 2.00 bits per heavy atom. The van der Waals surface area contributed by atoms with Crippen molar-refractivity contribution in [2.24, 2.45) is 4.99 Å². The van der Waals surface area contributed by atoms with Gasteiger partial charge in [-0.2, -0.15) is 0 Å². The van der Waals surface area contributed by atoms with E-state index in [9.17, 15) is 0 Å². The zero-order valence-corrected chi connectivity index (χ0v) is 13.5. The van der Waals surface area contributed by atoms with Crippen LogP contribution in [0.25, 0.3) is 0 Å². The van der Waals surface area contributed by atoms with Crippen LogP contribution in [0, 0.1) is 6.92 Å². The molecule has 1 radical (unpaired) electrons. The predicted molar refractivity (Wildman–Crippen MR) is 85.5 cm³/mol. The lowest BCUT2D eigenvalue weighted by molar-refractivity contribution is 0.581. The van der Waals surface area contributed by atoms with Crippen molar-refractivity contribution in [2.45, 2.75) is 26.9 Å². The molecule has 4 heteroatoms. The number of hydrogen-bond donors (Lipinski definition) is 0. The predicted octanol–water partition coefficient (Wildman–Crippen LogP) is 4.83. The lowest BCUT2D eigenvalue weighted by atomic mass is 10.2. The maximum absolute atomic E-state index is 5.94. The van der Waals surface area contributed by atoms with Crippen LogP contribution in [0.3, 0.4) is 0 Å². The molecule has 1 aromatic carbocycles. The Labute approximate surface area is 120 Å². The van der Waals surface area contributed by atoms with Gasteiger partial charge in [-0.05, 0) is 50.0 Å². The lowest BCUT2D eigenvalue weighted by Gasteiger charge is -2.13. The van der Waals surface area contributed by atoms with Crippen molar-refractivity contribution >= 4 is 31.8 Å². The van der Waals surface area contributed by atoms with Crippen LogP contribution in [0.1, 0.15) is 17.4 Å². The van der Waals surface area contributed by atoms with Gasteiger partial charge in [0.25, 0.3) is 9.04 Å². The third kappa shape index (κ3) is 3.55. The van der Waals surface area contributed by atoms with Crippen LogP contribution >= 0.6 is 11.3 Å². The molecule has 2 rings (SSSR count). The Morgan fingerprint density at radius 1 is 1.21 bits per heavy atom. The van der Waals surface area contributed by atoms with Crippen LogP contribution in [0.2, 0.25) is 13.1 Å². The molecule has 0 unspecified atom stereocenters.